The zero-order valence-corrected chi connectivity index (χ0v) is 14.8. The van der Waals surface area contributed by atoms with Crippen LogP contribution in [0, 0.1) is 0 Å². The number of nitrogens with zero attached hydrogens (tertiary/aromatic N) is 6. The fourth-order valence-electron chi connectivity index (χ4n) is 3.12. The molecular weight excluding hydrogens is 410 g/mol. The molecule has 1 aliphatic heterocycles. The maximum atomic E-state index is 13.0. The number of halogens is 6. The van der Waals surface area contributed by atoms with Gasteiger partial charge in [-0.25, -0.2) is 4.98 Å². The number of hydrogen-bond acceptors (Lipinski definition) is 6. The summed E-state index contributed by atoms with van der Waals surface area (Å²) in [6, 6.07) is 2.90. The van der Waals surface area contributed by atoms with E-state index in [9.17, 15) is 26.3 Å². The Morgan fingerprint density at radius 1 is 1.04 bits per heavy atom. The SMILES string of the molecule is FC(F)(F)c1csc(C2CCCN(c3ccc4nnc(C(F)(F)F)n4n3)C2)n1. The summed E-state index contributed by atoms with van der Waals surface area (Å²) in [5, 5.41) is 11.9. The summed E-state index contributed by atoms with van der Waals surface area (Å²) in [5.41, 5.74) is -0.970. The highest BCUT2D eigenvalue weighted by atomic mass is 32.1. The average molecular weight is 422 g/mol. The summed E-state index contributed by atoms with van der Waals surface area (Å²) in [6.07, 6.45) is -7.91. The van der Waals surface area contributed by atoms with Crippen LogP contribution in [0.4, 0.5) is 32.2 Å². The molecule has 13 heteroatoms. The summed E-state index contributed by atoms with van der Waals surface area (Å²) in [7, 11) is 0. The second kappa shape index (κ2) is 6.57. The van der Waals surface area contributed by atoms with E-state index in [1.807, 2.05) is 0 Å². The number of alkyl halides is 6. The highest BCUT2D eigenvalue weighted by Crippen LogP contribution is 2.36. The van der Waals surface area contributed by atoms with Crippen molar-refractivity contribution in [1.29, 1.82) is 0 Å². The standard InChI is InChI=1S/C15H12F6N6S/c16-14(17,18)9-7-28-12(22-9)8-2-1-5-26(6-8)11-4-3-10-23-24-13(15(19,20)21)27(10)25-11/h3-4,7-8H,1-2,5-6H2. The molecule has 0 N–H and O–H groups in total. The van der Waals surface area contributed by atoms with Crippen molar-refractivity contribution >= 4 is 22.8 Å². The van der Waals surface area contributed by atoms with Gasteiger partial charge in [0.15, 0.2) is 11.3 Å². The summed E-state index contributed by atoms with van der Waals surface area (Å²) in [5.74, 6) is -1.21. The third kappa shape index (κ3) is 3.50. The third-order valence-corrected chi connectivity index (χ3v) is 5.42. The lowest BCUT2D eigenvalue weighted by molar-refractivity contribution is -0.146. The van der Waals surface area contributed by atoms with Gasteiger partial charge in [-0.2, -0.15) is 30.9 Å². The van der Waals surface area contributed by atoms with Crippen LogP contribution in [0.15, 0.2) is 17.5 Å². The quantitative estimate of drug-likeness (QED) is 0.585. The molecule has 3 aromatic rings. The van der Waals surface area contributed by atoms with Crippen molar-refractivity contribution in [3.05, 3.63) is 34.0 Å². The number of thiazole rings is 1. The van der Waals surface area contributed by atoms with Gasteiger partial charge in [0.1, 0.15) is 5.82 Å². The van der Waals surface area contributed by atoms with Crippen LogP contribution in [0.25, 0.3) is 5.65 Å². The lowest BCUT2D eigenvalue weighted by Gasteiger charge is -2.32. The van der Waals surface area contributed by atoms with Crippen molar-refractivity contribution in [2.75, 3.05) is 18.0 Å². The van der Waals surface area contributed by atoms with E-state index in [1.165, 1.54) is 12.1 Å². The molecule has 0 spiro atoms. The van der Waals surface area contributed by atoms with Crippen LogP contribution < -0.4 is 4.90 Å². The summed E-state index contributed by atoms with van der Waals surface area (Å²) < 4.78 is 78.1. The first-order valence-electron chi connectivity index (χ1n) is 8.20. The van der Waals surface area contributed by atoms with E-state index in [1.54, 1.807) is 4.90 Å². The fourth-order valence-corrected chi connectivity index (χ4v) is 4.07. The minimum absolute atomic E-state index is 0.0422. The van der Waals surface area contributed by atoms with E-state index in [0.717, 1.165) is 16.7 Å². The van der Waals surface area contributed by atoms with E-state index in [4.69, 9.17) is 0 Å². The smallest absolute Gasteiger partial charge is 0.354 e. The van der Waals surface area contributed by atoms with Crippen LogP contribution in [0.2, 0.25) is 0 Å². The van der Waals surface area contributed by atoms with Gasteiger partial charge in [-0.05, 0) is 25.0 Å². The van der Waals surface area contributed by atoms with Gasteiger partial charge in [0, 0.05) is 24.4 Å². The van der Waals surface area contributed by atoms with Gasteiger partial charge in [0.25, 0.3) is 5.82 Å². The van der Waals surface area contributed by atoms with E-state index >= 15 is 0 Å². The summed E-state index contributed by atoms with van der Waals surface area (Å²) in [6.45, 7) is 0.836. The van der Waals surface area contributed by atoms with Crippen LogP contribution in [0.1, 0.15) is 35.3 Å². The molecule has 0 aliphatic carbocycles. The van der Waals surface area contributed by atoms with E-state index in [2.05, 4.69) is 20.3 Å². The van der Waals surface area contributed by atoms with Gasteiger partial charge in [0.2, 0.25) is 0 Å². The largest absolute Gasteiger partial charge is 0.453 e. The lowest BCUT2D eigenvalue weighted by atomic mass is 9.99. The number of aromatic nitrogens is 5. The second-order valence-electron chi connectivity index (χ2n) is 6.34. The number of piperidine rings is 1. The topological polar surface area (TPSA) is 59.2 Å². The molecule has 1 atom stereocenters. The Labute approximate surface area is 157 Å². The van der Waals surface area contributed by atoms with Crippen LogP contribution in [-0.2, 0) is 12.4 Å². The second-order valence-corrected chi connectivity index (χ2v) is 7.23. The minimum atomic E-state index is -4.70. The van der Waals surface area contributed by atoms with Crippen LogP contribution >= 0.6 is 11.3 Å². The molecule has 3 aromatic heterocycles. The average Bonchev–Trinajstić information content (AvgIpc) is 3.28. The number of rotatable bonds is 2. The molecule has 0 saturated carbocycles. The number of hydrogen-bond donors (Lipinski definition) is 0. The fraction of sp³-hybridized carbons (Fsp3) is 0.467. The Bertz CT molecular complexity index is 993. The summed E-state index contributed by atoms with van der Waals surface area (Å²) >= 11 is 0.938. The molecule has 6 nitrogen and oxygen atoms in total. The normalized spacial score (nSPS) is 18.8. The predicted molar refractivity (Wildman–Crippen MR) is 87.1 cm³/mol. The molecule has 4 heterocycles. The highest BCUT2D eigenvalue weighted by Gasteiger charge is 2.38. The van der Waals surface area contributed by atoms with Crippen LogP contribution in [-0.4, -0.2) is 37.9 Å². The molecule has 0 aromatic carbocycles. The molecule has 1 saturated heterocycles. The Kier molecular flexibility index (Phi) is 4.43. The molecule has 0 bridgehead atoms. The van der Waals surface area contributed by atoms with E-state index < -0.39 is 23.9 Å². The van der Waals surface area contributed by atoms with Crippen molar-refractivity contribution in [1.82, 2.24) is 24.8 Å². The zero-order valence-electron chi connectivity index (χ0n) is 14.0. The molecule has 4 rings (SSSR count). The lowest BCUT2D eigenvalue weighted by Crippen LogP contribution is -2.35. The van der Waals surface area contributed by atoms with Gasteiger partial charge < -0.3 is 4.90 Å². The zero-order chi connectivity index (χ0) is 20.1. The maximum absolute atomic E-state index is 13.0. The molecular formula is C15H12F6N6S. The van der Waals surface area contributed by atoms with Gasteiger partial charge in [-0.1, -0.05) is 0 Å². The highest BCUT2D eigenvalue weighted by molar-refractivity contribution is 7.09. The Hall–Kier alpha value is -2.44. The molecule has 28 heavy (non-hydrogen) atoms. The third-order valence-electron chi connectivity index (χ3n) is 4.41. The Morgan fingerprint density at radius 3 is 2.50 bits per heavy atom. The molecule has 0 amide bonds. The van der Waals surface area contributed by atoms with Crippen molar-refractivity contribution in [2.45, 2.75) is 31.1 Å². The van der Waals surface area contributed by atoms with Gasteiger partial charge in [-0.3, -0.25) is 0 Å². The molecule has 1 unspecified atom stereocenters. The van der Waals surface area contributed by atoms with Crippen LogP contribution in [0.5, 0.6) is 0 Å². The molecule has 1 fully saturated rings. The summed E-state index contributed by atoms with van der Waals surface area (Å²) in [4.78, 5) is 5.43. The van der Waals surface area contributed by atoms with Crippen LogP contribution in [0.3, 0.4) is 0 Å². The van der Waals surface area contributed by atoms with Crippen molar-refractivity contribution in [3.8, 4) is 0 Å². The van der Waals surface area contributed by atoms with E-state index in [0.29, 0.717) is 35.5 Å². The molecule has 150 valence electrons. The Balaban J connectivity index is 1.60. The van der Waals surface area contributed by atoms with Gasteiger partial charge in [-0.15, -0.1) is 26.6 Å². The van der Waals surface area contributed by atoms with Crippen molar-refractivity contribution in [3.63, 3.8) is 0 Å². The number of anilines is 1. The van der Waals surface area contributed by atoms with E-state index in [-0.39, 0.29) is 17.4 Å². The maximum Gasteiger partial charge on any atom is 0.453 e. The molecule has 0 radical (unpaired) electrons. The van der Waals surface area contributed by atoms with Gasteiger partial charge in [0.05, 0.1) is 5.01 Å². The van der Waals surface area contributed by atoms with Gasteiger partial charge >= 0.3 is 12.4 Å². The predicted octanol–water partition coefficient (Wildman–Crippen LogP) is 4.00. The first kappa shape index (κ1) is 18.9. The minimum Gasteiger partial charge on any atom is -0.354 e. The first-order chi connectivity index (χ1) is 13.1. The molecule has 1 aliphatic rings. The monoisotopic (exact) mass is 422 g/mol. The number of fused-ring (bicyclic) bond motifs is 1. The van der Waals surface area contributed by atoms with Crippen molar-refractivity contribution in [2.24, 2.45) is 0 Å². The first-order valence-corrected chi connectivity index (χ1v) is 9.08. The Morgan fingerprint density at radius 2 is 1.82 bits per heavy atom. The van der Waals surface area contributed by atoms with Crippen molar-refractivity contribution < 1.29 is 26.3 Å².